The van der Waals surface area contributed by atoms with Crippen LogP contribution in [0.25, 0.3) is 22.1 Å². The van der Waals surface area contributed by atoms with Crippen LogP contribution in [0.4, 0.5) is 0 Å². The monoisotopic (exact) mass is 361 g/mol. The molecule has 4 aromatic rings. The number of hydrogen-bond acceptors (Lipinski definition) is 3. The topological polar surface area (TPSA) is 86.5 Å². The molecule has 0 aliphatic rings. The molecule has 0 unspecified atom stereocenters. The standard InChI is InChI=1S/C21H23N5O/c1-12-4-6-15-17(10-12)25-19(23-15)11-22-20(27)9-8-18-24-16-7-5-13(2)14(3)21(16)26-18/h4-7,10H,8-9,11H2,1-3H3,(H,22,27)(H,23,25)(H,24,26). The molecule has 4 rings (SSSR count). The van der Waals surface area contributed by atoms with Crippen molar-refractivity contribution in [1.29, 1.82) is 0 Å². The van der Waals surface area contributed by atoms with Gasteiger partial charge in [-0.25, -0.2) is 9.97 Å². The van der Waals surface area contributed by atoms with Gasteiger partial charge < -0.3 is 15.3 Å². The molecule has 0 spiro atoms. The summed E-state index contributed by atoms with van der Waals surface area (Å²) in [4.78, 5) is 27.9. The van der Waals surface area contributed by atoms with E-state index in [0.717, 1.165) is 33.7 Å². The first-order valence-corrected chi connectivity index (χ1v) is 9.16. The van der Waals surface area contributed by atoms with Crippen LogP contribution in [0.5, 0.6) is 0 Å². The molecule has 138 valence electrons. The van der Waals surface area contributed by atoms with E-state index in [1.165, 1.54) is 16.7 Å². The maximum absolute atomic E-state index is 12.2. The van der Waals surface area contributed by atoms with Crippen LogP contribution in [-0.2, 0) is 17.8 Å². The number of fused-ring (bicyclic) bond motifs is 2. The highest BCUT2D eigenvalue weighted by Gasteiger charge is 2.10. The number of rotatable bonds is 5. The highest BCUT2D eigenvalue weighted by Crippen LogP contribution is 2.19. The lowest BCUT2D eigenvalue weighted by molar-refractivity contribution is -0.121. The Labute approximate surface area is 157 Å². The fourth-order valence-electron chi connectivity index (χ4n) is 3.25. The number of aromatic nitrogens is 4. The van der Waals surface area contributed by atoms with Crippen molar-refractivity contribution in [2.45, 2.75) is 40.2 Å². The Balaban J connectivity index is 1.36. The van der Waals surface area contributed by atoms with E-state index in [-0.39, 0.29) is 5.91 Å². The van der Waals surface area contributed by atoms with E-state index in [1.807, 2.05) is 25.1 Å². The Morgan fingerprint density at radius 3 is 2.67 bits per heavy atom. The van der Waals surface area contributed by atoms with Crippen molar-refractivity contribution < 1.29 is 4.79 Å². The molecule has 2 heterocycles. The number of amides is 1. The van der Waals surface area contributed by atoms with Crippen molar-refractivity contribution in [1.82, 2.24) is 25.3 Å². The summed E-state index contributed by atoms with van der Waals surface area (Å²) < 4.78 is 0. The van der Waals surface area contributed by atoms with E-state index in [9.17, 15) is 4.79 Å². The van der Waals surface area contributed by atoms with Crippen molar-refractivity contribution in [2.75, 3.05) is 0 Å². The predicted octanol–water partition coefficient (Wildman–Crippen LogP) is 3.61. The minimum atomic E-state index is -0.0139. The zero-order valence-electron chi connectivity index (χ0n) is 15.8. The zero-order chi connectivity index (χ0) is 19.0. The summed E-state index contributed by atoms with van der Waals surface area (Å²) in [5.74, 6) is 1.59. The average Bonchev–Trinajstić information content (AvgIpc) is 3.24. The van der Waals surface area contributed by atoms with Crippen LogP contribution in [0, 0.1) is 20.8 Å². The quantitative estimate of drug-likeness (QED) is 0.507. The molecule has 0 radical (unpaired) electrons. The van der Waals surface area contributed by atoms with Crippen LogP contribution >= 0.6 is 0 Å². The molecule has 0 saturated carbocycles. The number of carbonyl (C=O) groups excluding carboxylic acids is 1. The minimum Gasteiger partial charge on any atom is -0.349 e. The molecule has 0 fully saturated rings. The van der Waals surface area contributed by atoms with E-state index >= 15 is 0 Å². The largest absolute Gasteiger partial charge is 0.349 e. The third-order valence-electron chi connectivity index (χ3n) is 4.96. The normalized spacial score (nSPS) is 11.4. The molecule has 6 nitrogen and oxygen atoms in total. The zero-order valence-corrected chi connectivity index (χ0v) is 15.8. The highest BCUT2D eigenvalue weighted by atomic mass is 16.1. The highest BCUT2D eigenvalue weighted by molar-refractivity contribution is 5.80. The van der Waals surface area contributed by atoms with Crippen molar-refractivity contribution in [3.63, 3.8) is 0 Å². The third-order valence-corrected chi connectivity index (χ3v) is 4.96. The third kappa shape index (κ3) is 3.56. The lowest BCUT2D eigenvalue weighted by Crippen LogP contribution is -2.23. The Morgan fingerprint density at radius 1 is 1.00 bits per heavy atom. The second-order valence-electron chi connectivity index (χ2n) is 7.07. The second kappa shape index (κ2) is 6.87. The molecular formula is C21H23N5O. The van der Waals surface area contributed by atoms with E-state index in [2.05, 4.69) is 51.2 Å². The summed E-state index contributed by atoms with van der Waals surface area (Å²) in [6.45, 7) is 6.59. The predicted molar refractivity (Wildman–Crippen MR) is 107 cm³/mol. The molecule has 27 heavy (non-hydrogen) atoms. The smallest absolute Gasteiger partial charge is 0.220 e. The Bertz CT molecular complexity index is 1140. The van der Waals surface area contributed by atoms with Gasteiger partial charge in [0.15, 0.2) is 0 Å². The number of nitrogens with zero attached hydrogens (tertiary/aromatic N) is 2. The van der Waals surface area contributed by atoms with Crippen LogP contribution < -0.4 is 5.32 Å². The summed E-state index contributed by atoms with van der Waals surface area (Å²) in [5, 5.41) is 2.92. The molecule has 0 saturated heterocycles. The maximum atomic E-state index is 12.2. The van der Waals surface area contributed by atoms with Gasteiger partial charge >= 0.3 is 0 Å². The maximum Gasteiger partial charge on any atom is 0.220 e. The van der Waals surface area contributed by atoms with E-state index in [4.69, 9.17) is 0 Å². The summed E-state index contributed by atoms with van der Waals surface area (Å²) >= 11 is 0. The summed E-state index contributed by atoms with van der Waals surface area (Å²) in [6, 6.07) is 10.2. The van der Waals surface area contributed by atoms with Crippen molar-refractivity contribution in [3.05, 3.63) is 58.7 Å². The van der Waals surface area contributed by atoms with Crippen LogP contribution in [0.3, 0.4) is 0 Å². The summed E-state index contributed by atoms with van der Waals surface area (Å²) in [7, 11) is 0. The van der Waals surface area contributed by atoms with Crippen LogP contribution in [0.1, 0.15) is 34.8 Å². The fourth-order valence-corrected chi connectivity index (χ4v) is 3.25. The first-order chi connectivity index (χ1) is 13.0. The van der Waals surface area contributed by atoms with Gasteiger partial charge in [0.05, 0.1) is 28.6 Å². The minimum absolute atomic E-state index is 0.0139. The lowest BCUT2D eigenvalue weighted by atomic mass is 10.1. The second-order valence-corrected chi connectivity index (χ2v) is 7.07. The number of nitrogens with one attached hydrogen (secondary N) is 3. The van der Waals surface area contributed by atoms with Gasteiger partial charge in [-0.2, -0.15) is 0 Å². The van der Waals surface area contributed by atoms with Crippen LogP contribution in [0.15, 0.2) is 30.3 Å². The molecule has 6 heteroatoms. The van der Waals surface area contributed by atoms with Crippen LogP contribution in [-0.4, -0.2) is 25.8 Å². The number of carbonyl (C=O) groups is 1. The van der Waals surface area contributed by atoms with Gasteiger partial charge in [-0.1, -0.05) is 12.1 Å². The van der Waals surface area contributed by atoms with Crippen molar-refractivity contribution >= 4 is 28.0 Å². The van der Waals surface area contributed by atoms with E-state index < -0.39 is 0 Å². The van der Waals surface area contributed by atoms with Gasteiger partial charge in [-0.3, -0.25) is 4.79 Å². The van der Waals surface area contributed by atoms with Crippen LogP contribution in [0.2, 0.25) is 0 Å². The Kier molecular flexibility index (Phi) is 4.39. The van der Waals surface area contributed by atoms with Gasteiger partial charge in [0.25, 0.3) is 0 Å². The molecule has 2 aromatic heterocycles. The first kappa shape index (κ1) is 17.3. The Morgan fingerprint density at radius 2 is 1.81 bits per heavy atom. The summed E-state index contributed by atoms with van der Waals surface area (Å²) in [6.07, 6.45) is 0.968. The van der Waals surface area contributed by atoms with Gasteiger partial charge in [-0.05, 0) is 55.7 Å². The Hall–Kier alpha value is -3.15. The number of imidazole rings is 2. The molecule has 1 amide bonds. The molecule has 0 aliphatic carbocycles. The number of H-pyrrole nitrogens is 2. The average molecular weight is 361 g/mol. The molecule has 0 aliphatic heterocycles. The molecule has 0 atom stereocenters. The molecule has 3 N–H and O–H groups in total. The molecule has 2 aromatic carbocycles. The van der Waals surface area contributed by atoms with E-state index in [1.54, 1.807) is 0 Å². The van der Waals surface area contributed by atoms with Gasteiger partial charge in [-0.15, -0.1) is 0 Å². The van der Waals surface area contributed by atoms with Crippen molar-refractivity contribution in [2.24, 2.45) is 0 Å². The van der Waals surface area contributed by atoms with Gasteiger partial charge in [0, 0.05) is 12.8 Å². The molecular weight excluding hydrogens is 338 g/mol. The molecule has 0 bridgehead atoms. The van der Waals surface area contributed by atoms with Gasteiger partial charge in [0.1, 0.15) is 11.6 Å². The summed E-state index contributed by atoms with van der Waals surface area (Å²) in [5.41, 5.74) is 7.50. The SMILES string of the molecule is Cc1ccc2nc(CNC(=O)CCc3nc4c(C)c(C)ccc4[nH]3)[nH]c2c1. The number of hydrogen-bond donors (Lipinski definition) is 3. The number of benzene rings is 2. The lowest BCUT2D eigenvalue weighted by Gasteiger charge is -2.02. The van der Waals surface area contributed by atoms with Gasteiger partial charge in [0.2, 0.25) is 5.91 Å². The number of aryl methyl sites for hydroxylation is 4. The first-order valence-electron chi connectivity index (χ1n) is 9.16. The van der Waals surface area contributed by atoms with Crippen molar-refractivity contribution in [3.8, 4) is 0 Å². The van der Waals surface area contributed by atoms with E-state index in [0.29, 0.717) is 19.4 Å². The fraction of sp³-hybridized carbons (Fsp3) is 0.286. The number of aromatic amines is 2.